The number of ether oxygens (including phenoxy) is 1. The summed E-state index contributed by atoms with van der Waals surface area (Å²) in [5.41, 5.74) is 2.68. The van der Waals surface area contributed by atoms with E-state index in [-0.39, 0.29) is 6.10 Å². The van der Waals surface area contributed by atoms with Crippen LogP contribution in [0, 0.1) is 0 Å². The monoisotopic (exact) mass is 248 g/mol. The van der Waals surface area contributed by atoms with E-state index in [4.69, 9.17) is 9.84 Å². The molecule has 0 saturated carbocycles. The van der Waals surface area contributed by atoms with E-state index in [0.29, 0.717) is 11.7 Å². The summed E-state index contributed by atoms with van der Waals surface area (Å²) in [6, 6.07) is 5.38. The number of hydrogen-bond donors (Lipinski definition) is 1. The number of benzene rings is 1. The van der Waals surface area contributed by atoms with Crippen molar-refractivity contribution in [3.05, 3.63) is 34.9 Å². The van der Waals surface area contributed by atoms with E-state index in [1.807, 2.05) is 6.07 Å². The quantitative estimate of drug-likeness (QED) is 0.866. The molecule has 0 fully saturated rings. The van der Waals surface area contributed by atoms with E-state index in [0.717, 1.165) is 31.2 Å². The standard InChI is InChI=1S/C15H20O3/c1-3-12(4-2)18-14-8-6-10-9-11(15(16)17)5-7-13(10)14/h5,7,9,12,14H,3-4,6,8H2,1-2H3,(H,16,17)/t14-/m1/s1. The van der Waals surface area contributed by atoms with Gasteiger partial charge >= 0.3 is 5.97 Å². The van der Waals surface area contributed by atoms with E-state index in [1.165, 1.54) is 5.56 Å². The third-order valence-electron chi connectivity index (χ3n) is 3.68. The zero-order valence-electron chi connectivity index (χ0n) is 11.0. The Balaban J connectivity index is 2.16. The van der Waals surface area contributed by atoms with Gasteiger partial charge in [0, 0.05) is 0 Å². The van der Waals surface area contributed by atoms with E-state index >= 15 is 0 Å². The molecule has 0 saturated heterocycles. The van der Waals surface area contributed by atoms with Gasteiger partial charge in [0.15, 0.2) is 0 Å². The third kappa shape index (κ3) is 2.56. The highest BCUT2D eigenvalue weighted by atomic mass is 16.5. The zero-order valence-corrected chi connectivity index (χ0v) is 11.0. The van der Waals surface area contributed by atoms with Gasteiger partial charge in [-0.05, 0) is 48.9 Å². The van der Waals surface area contributed by atoms with Crippen LogP contribution < -0.4 is 0 Å². The summed E-state index contributed by atoms with van der Waals surface area (Å²) in [4.78, 5) is 10.9. The highest BCUT2D eigenvalue weighted by Crippen LogP contribution is 2.36. The van der Waals surface area contributed by atoms with Crippen LogP contribution in [0.2, 0.25) is 0 Å². The number of rotatable bonds is 5. The Kier molecular flexibility index (Phi) is 4.02. The minimum atomic E-state index is -0.859. The molecule has 0 heterocycles. The van der Waals surface area contributed by atoms with Crippen LogP contribution in [-0.4, -0.2) is 17.2 Å². The highest BCUT2D eigenvalue weighted by Gasteiger charge is 2.25. The lowest BCUT2D eigenvalue weighted by Crippen LogP contribution is -2.13. The molecular formula is C15H20O3. The molecule has 1 N–H and O–H groups in total. The predicted molar refractivity (Wildman–Crippen MR) is 69.9 cm³/mol. The van der Waals surface area contributed by atoms with Gasteiger partial charge in [0.05, 0.1) is 17.8 Å². The Morgan fingerprint density at radius 3 is 2.78 bits per heavy atom. The second-order valence-electron chi connectivity index (χ2n) is 4.82. The minimum absolute atomic E-state index is 0.146. The lowest BCUT2D eigenvalue weighted by Gasteiger charge is -2.20. The zero-order chi connectivity index (χ0) is 13.1. The van der Waals surface area contributed by atoms with Crippen molar-refractivity contribution in [2.45, 2.75) is 51.7 Å². The Labute approximate surface area is 108 Å². The Morgan fingerprint density at radius 1 is 1.44 bits per heavy atom. The van der Waals surface area contributed by atoms with Crippen molar-refractivity contribution in [3.63, 3.8) is 0 Å². The first-order chi connectivity index (χ1) is 8.65. The lowest BCUT2D eigenvalue weighted by molar-refractivity contribution is -0.0159. The maximum Gasteiger partial charge on any atom is 0.335 e. The second-order valence-corrected chi connectivity index (χ2v) is 4.82. The number of aryl methyl sites for hydroxylation is 1. The summed E-state index contributed by atoms with van der Waals surface area (Å²) in [6.45, 7) is 4.27. The van der Waals surface area contributed by atoms with Crippen molar-refractivity contribution >= 4 is 5.97 Å². The normalized spacial score (nSPS) is 18.1. The fourth-order valence-electron chi connectivity index (χ4n) is 2.57. The van der Waals surface area contributed by atoms with E-state index in [1.54, 1.807) is 12.1 Å². The van der Waals surface area contributed by atoms with Crippen LogP contribution in [0.25, 0.3) is 0 Å². The molecular weight excluding hydrogens is 228 g/mol. The number of carbonyl (C=O) groups is 1. The second kappa shape index (κ2) is 5.53. The predicted octanol–water partition coefficient (Wildman–Crippen LogP) is 3.58. The molecule has 0 radical (unpaired) electrons. The molecule has 3 heteroatoms. The fraction of sp³-hybridized carbons (Fsp3) is 0.533. The summed E-state index contributed by atoms with van der Waals surface area (Å²) >= 11 is 0. The van der Waals surface area contributed by atoms with Crippen molar-refractivity contribution in [2.75, 3.05) is 0 Å². The third-order valence-corrected chi connectivity index (χ3v) is 3.68. The molecule has 1 aliphatic carbocycles. The minimum Gasteiger partial charge on any atom is -0.478 e. The first kappa shape index (κ1) is 13.1. The number of fused-ring (bicyclic) bond motifs is 1. The number of carboxylic acids is 1. The molecule has 2 rings (SSSR count). The molecule has 0 aliphatic heterocycles. The van der Waals surface area contributed by atoms with Crippen molar-refractivity contribution in [3.8, 4) is 0 Å². The molecule has 1 aliphatic rings. The van der Waals surface area contributed by atoms with Crippen molar-refractivity contribution < 1.29 is 14.6 Å². The van der Waals surface area contributed by atoms with Gasteiger partial charge in [-0.15, -0.1) is 0 Å². The van der Waals surface area contributed by atoms with Gasteiger partial charge in [-0.2, -0.15) is 0 Å². The molecule has 0 aromatic heterocycles. The molecule has 1 atom stereocenters. The van der Waals surface area contributed by atoms with Crippen LogP contribution in [-0.2, 0) is 11.2 Å². The molecule has 1 aromatic carbocycles. The van der Waals surface area contributed by atoms with E-state index in [2.05, 4.69) is 13.8 Å². The average Bonchev–Trinajstić information content (AvgIpc) is 2.78. The molecule has 0 bridgehead atoms. The topological polar surface area (TPSA) is 46.5 Å². The average molecular weight is 248 g/mol. The summed E-state index contributed by atoms with van der Waals surface area (Å²) in [7, 11) is 0. The lowest BCUT2D eigenvalue weighted by atomic mass is 10.1. The maximum absolute atomic E-state index is 10.9. The fourth-order valence-corrected chi connectivity index (χ4v) is 2.57. The molecule has 0 unspecified atom stereocenters. The van der Waals surface area contributed by atoms with Crippen molar-refractivity contribution in [2.24, 2.45) is 0 Å². The molecule has 3 nitrogen and oxygen atoms in total. The first-order valence-electron chi connectivity index (χ1n) is 6.67. The molecule has 98 valence electrons. The van der Waals surface area contributed by atoms with E-state index < -0.39 is 5.97 Å². The number of carboxylic acid groups (broad SMARTS) is 1. The Bertz CT molecular complexity index is 435. The van der Waals surface area contributed by atoms with E-state index in [9.17, 15) is 4.79 Å². The van der Waals surface area contributed by atoms with Crippen molar-refractivity contribution in [1.29, 1.82) is 0 Å². The SMILES string of the molecule is CCC(CC)O[C@@H]1CCc2cc(C(=O)O)ccc21. The van der Waals surface area contributed by atoms with Gasteiger partial charge < -0.3 is 9.84 Å². The summed E-state index contributed by atoms with van der Waals surface area (Å²) < 4.78 is 6.09. The first-order valence-corrected chi connectivity index (χ1v) is 6.67. The molecule has 1 aromatic rings. The van der Waals surface area contributed by atoms with Gasteiger partial charge in [-0.3, -0.25) is 0 Å². The summed E-state index contributed by atoms with van der Waals surface area (Å²) in [5.74, 6) is -0.859. The highest BCUT2D eigenvalue weighted by molar-refractivity contribution is 5.88. The summed E-state index contributed by atoms with van der Waals surface area (Å²) in [5, 5.41) is 8.97. The molecule has 0 amide bonds. The smallest absolute Gasteiger partial charge is 0.335 e. The number of aromatic carboxylic acids is 1. The van der Waals surface area contributed by atoms with Crippen molar-refractivity contribution in [1.82, 2.24) is 0 Å². The largest absolute Gasteiger partial charge is 0.478 e. The van der Waals surface area contributed by atoms with Crippen LogP contribution in [0.15, 0.2) is 18.2 Å². The van der Waals surface area contributed by atoms with Gasteiger partial charge in [0.1, 0.15) is 0 Å². The van der Waals surface area contributed by atoms with Crippen LogP contribution in [0.3, 0.4) is 0 Å². The molecule has 0 spiro atoms. The van der Waals surface area contributed by atoms with Crippen LogP contribution >= 0.6 is 0 Å². The van der Waals surface area contributed by atoms with Crippen LogP contribution in [0.4, 0.5) is 0 Å². The van der Waals surface area contributed by atoms with Gasteiger partial charge in [-0.25, -0.2) is 4.79 Å². The van der Waals surface area contributed by atoms with Gasteiger partial charge in [-0.1, -0.05) is 19.9 Å². The maximum atomic E-state index is 10.9. The molecule has 18 heavy (non-hydrogen) atoms. The van der Waals surface area contributed by atoms with Crippen LogP contribution in [0.1, 0.15) is 60.7 Å². The summed E-state index contributed by atoms with van der Waals surface area (Å²) in [6.07, 6.45) is 4.38. The van der Waals surface area contributed by atoms with Gasteiger partial charge in [0.2, 0.25) is 0 Å². The number of hydrogen-bond acceptors (Lipinski definition) is 2. The Hall–Kier alpha value is -1.35. The van der Waals surface area contributed by atoms with Gasteiger partial charge in [0.25, 0.3) is 0 Å². The van der Waals surface area contributed by atoms with Crippen LogP contribution in [0.5, 0.6) is 0 Å². The Morgan fingerprint density at radius 2 is 2.17 bits per heavy atom.